The van der Waals surface area contributed by atoms with Gasteiger partial charge in [-0.15, -0.1) is 0 Å². The highest BCUT2D eigenvalue weighted by molar-refractivity contribution is 7.89. The molecule has 2 rings (SSSR count). The van der Waals surface area contributed by atoms with Crippen LogP contribution in [0.5, 0.6) is 0 Å². The molecule has 0 aliphatic carbocycles. The first-order chi connectivity index (χ1) is 9.85. The first-order valence-corrected chi connectivity index (χ1v) is 8.14. The topological polar surface area (TPSA) is 114 Å². The minimum absolute atomic E-state index is 0.0227. The van der Waals surface area contributed by atoms with Crippen molar-refractivity contribution < 1.29 is 8.42 Å². The van der Waals surface area contributed by atoms with Crippen LogP contribution in [-0.2, 0) is 16.6 Å². The summed E-state index contributed by atoms with van der Waals surface area (Å²) in [5.41, 5.74) is 6.02. The van der Waals surface area contributed by atoms with Crippen LogP contribution in [0, 0.1) is 0 Å². The van der Waals surface area contributed by atoms with E-state index < -0.39 is 16.1 Å². The van der Waals surface area contributed by atoms with E-state index in [2.05, 4.69) is 19.9 Å². The van der Waals surface area contributed by atoms with Gasteiger partial charge in [0.2, 0.25) is 10.0 Å². The zero-order valence-corrected chi connectivity index (χ0v) is 13.3. The quantitative estimate of drug-likeness (QED) is 0.758. The van der Waals surface area contributed by atoms with Gasteiger partial charge >= 0.3 is 0 Å². The SMILES string of the molecule is CC(NS(=O)(=O)c1cc(CN)c(Cl)cc1Cl)c1ncn[nH]1. The molecule has 1 aromatic heterocycles. The van der Waals surface area contributed by atoms with Crippen molar-refractivity contribution >= 4 is 33.2 Å². The van der Waals surface area contributed by atoms with Gasteiger partial charge in [-0.3, -0.25) is 5.10 Å². The Balaban J connectivity index is 2.36. The van der Waals surface area contributed by atoms with Crippen LogP contribution in [0.3, 0.4) is 0 Å². The Morgan fingerprint density at radius 3 is 2.67 bits per heavy atom. The number of sulfonamides is 1. The minimum Gasteiger partial charge on any atom is -0.326 e. The summed E-state index contributed by atoms with van der Waals surface area (Å²) in [5, 5.41) is 6.61. The standard InChI is InChI=1S/C11H13Cl2N5O2S/c1-6(11-15-5-16-17-11)18-21(19,20)10-2-7(4-14)8(12)3-9(10)13/h2-3,5-6,18H,4,14H2,1H3,(H,15,16,17). The number of benzene rings is 1. The van der Waals surface area contributed by atoms with E-state index in [9.17, 15) is 8.42 Å². The van der Waals surface area contributed by atoms with Crippen LogP contribution in [0.25, 0.3) is 0 Å². The Bertz CT molecular complexity index is 733. The van der Waals surface area contributed by atoms with E-state index in [0.717, 1.165) is 0 Å². The normalized spacial score (nSPS) is 13.3. The molecule has 10 heteroatoms. The molecule has 1 atom stereocenters. The molecule has 2 aromatic rings. The summed E-state index contributed by atoms with van der Waals surface area (Å²) < 4.78 is 27.2. The number of rotatable bonds is 5. The van der Waals surface area contributed by atoms with Crippen LogP contribution in [0.15, 0.2) is 23.4 Å². The van der Waals surface area contributed by atoms with Crippen molar-refractivity contribution in [2.45, 2.75) is 24.4 Å². The number of hydrogen-bond donors (Lipinski definition) is 3. The Morgan fingerprint density at radius 2 is 2.10 bits per heavy atom. The number of halogens is 2. The lowest BCUT2D eigenvalue weighted by molar-refractivity contribution is 0.560. The number of nitrogens with one attached hydrogen (secondary N) is 2. The van der Waals surface area contributed by atoms with E-state index in [0.29, 0.717) is 16.4 Å². The highest BCUT2D eigenvalue weighted by atomic mass is 35.5. The van der Waals surface area contributed by atoms with Gasteiger partial charge in [-0.1, -0.05) is 23.2 Å². The number of aromatic nitrogens is 3. The molecule has 0 radical (unpaired) electrons. The second-order valence-corrected chi connectivity index (χ2v) is 6.79. The second kappa shape index (κ2) is 6.29. The Morgan fingerprint density at radius 1 is 1.38 bits per heavy atom. The van der Waals surface area contributed by atoms with Crippen molar-refractivity contribution in [2.24, 2.45) is 5.73 Å². The molecular weight excluding hydrogens is 337 g/mol. The van der Waals surface area contributed by atoms with Gasteiger partial charge < -0.3 is 5.73 Å². The fourth-order valence-corrected chi connectivity index (χ4v) is 3.79. The number of aromatic amines is 1. The van der Waals surface area contributed by atoms with Crippen molar-refractivity contribution in [2.75, 3.05) is 0 Å². The maximum atomic E-state index is 12.4. The van der Waals surface area contributed by atoms with E-state index in [4.69, 9.17) is 28.9 Å². The summed E-state index contributed by atoms with van der Waals surface area (Å²) in [4.78, 5) is 3.81. The molecule has 4 N–H and O–H groups in total. The predicted molar refractivity (Wildman–Crippen MR) is 79.5 cm³/mol. The first-order valence-electron chi connectivity index (χ1n) is 5.90. The van der Waals surface area contributed by atoms with E-state index in [-0.39, 0.29) is 16.5 Å². The third-order valence-electron chi connectivity index (χ3n) is 2.79. The van der Waals surface area contributed by atoms with Gasteiger partial charge in [-0.05, 0) is 24.6 Å². The molecule has 0 aliphatic rings. The monoisotopic (exact) mass is 349 g/mol. The lowest BCUT2D eigenvalue weighted by atomic mass is 10.2. The van der Waals surface area contributed by atoms with Crippen molar-refractivity contribution in [1.82, 2.24) is 19.9 Å². The first kappa shape index (κ1) is 16.2. The second-order valence-electron chi connectivity index (χ2n) is 4.29. The smallest absolute Gasteiger partial charge is 0.242 e. The van der Waals surface area contributed by atoms with E-state index in [1.807, 2.05) is 0 Å². The van der Waals surface area contributed by atoms with Crippen LogP contribution in [0.1, 0.15) is 24.4 Å². The largest absolute Gasteiger partial charge is 0.326 e. The Kier molecular flexibility index (Phi) is 4.84. The van der Waals surface area contributed by atoms with Gasteiger partial charge in [0.25, 0.3) is 0 Å². The Labute approximate surface area is 131 Å². The molecule has 21 heavy (non-hydrogen) atoms. The van der Waals surface area contributed by atoms with Gasteiger partial charge in [0.15, 0.2) is 0 Å². The number of H-pyrrole nitrogens is 1. The average Bonchev–Trinajstić information content (AvgIpc) is 2.91. The molecule has 0 saturated carbocycles. The fourth-order valence-electron chi connectivity index (χ4n) is 1.71. The van der Waals surface area contributed by atoms with Crippen molar-refractivity contribution in [3.63, 3.8) is 0 Å². The lowest BCUT2D eigenvalue weighted by Gasteiger charge is -2.14. The van der Waals surface area contributed by atoms with Crippen molar-refractivity contribution in [1.29, 1.82) is 0 Å². The molecule has 7 nitrogen and oxygen atoms in total. The Hall–Kier alpha value is -1.19. The summed E-state index contributed by atoms with van der Waals surface area (Å²) in [6.45, 7) is 1.74. The van der Waals surface area contributed by atoms with Crippen LogP contribution in [0.2, 0.25) is 10.0 Å². The predicted octanol–water partition coefficient (Wildman–Crippen LogP) is 1.61. The molecule has 0 spiro atoms. The van der Waals surface area contributed by atoms with E-state index in [1.54, 1.807) is 6.92 Å². The number of nitrogens with zero attached hydrogens (tertiary/aromatic N) is 2. The molecule has 0 amide bonds. The number of nitrogens with two attached hydrogens (primary N) is 1. The van der Waals surface area contributed by atoms with Gasteiger partial charge in [-0.25, -0.2) is 18.1 Å². The van der Waals surface area contributed by atoms with Gasteiger partial charge in [-0.2, -0.15) is 5.10 Å². The van der Waals surface area contributed by atoms with Gasteiger partial charge in [0.05, 0.1) is 11.1 Å². The third kappa shape index (κ3) is 3.53. The maximum absolute atomic E-state index is 12.4. The molecule has 0 fully saturated rings. The van der Waals surface area contributed by atoms with Crippen molar-refractivity contribution in [3.8, 4) is 0 Å². The van der Waals surface area contributed by atoms with Gasteiger partial charge in [0.1, 0.15) is 17.0 Å². The summed E-state index contributed by atoms with van der Waals surface area (Å²) in [6.07, 6.45) is 1.29. The number of hydrogen-bond acceptors (Lipinski definition) is 5. The lowest BCUT2D eigenvalue weighted by Crippen LogP contribution is -2.28. The highest BCUT2D eigenvalue weighted by Crippen LogP contribution is 2.29. The van der Waals surface area contributed by atoms with Crippen LogP contribution in [-0.4, -0.2) is 23.6 Å². The third-order valence-corrected chi connectivity index (χ3v) is 5.14. The fraction of sp³-hybridized carbons (Fsp3) is 0.273. The molecule has 1 heterocycles. The van der Waals surface area contributed by atoms with Crippen LogP contribution >= 0.6 is 23.2 Å². The molecule has 0 bridgehead atoms. The van der Waals surface area contributed by atoms with Crippen molar-refractivity contribution in [3.05, 3.63) is 39.9 Å². The molecule has 1 aromatic carbocycles. The molecule has 114 valence electrons. The summed E-state index contributed by atoms with van der Waals surface area (Å²) >= 11 is 11.9. The maximum Gasteiger partial charge on any atom is 0.242 e. The van der Waals surface area contributed by atoms with Crippen LogP contribution < -0.4 is 10.5 Å². The summed E-state index contributed by atoms with van der Waals surface area (Å²) in [5.74, 6) is 0.391. The highest BCUT2D eigenvalue weighted by Gasteiger charge is 2.23. The molecule has 0 aliphatic heterocycles. The average molecular weight is 350 g/mol. The van der Waals surface area contributed by atoms with E-state index >= 15 is 0 Å². The minimum atomic E-state index is -3.85. The molecule has 1 unspecified atom stereocenters. The molecule has 0 saturated heterocycles. The van der Waals surface area contributed by atoms with E-state index in [1.165, 1.54) is 18.5 Å². The zero-order chi connectivity index (χ0) is 15.6. The summed E-state index contributed by atoms with van der Waals surface area (Å²) in [6, 6.07) is 2.13. The zero-order valence-electron chi connectivity index (χ0n) is 11.0. The van der Waals surface area contributed by atoms with Gasteiger partial charge in [0, 0.05) is 11.6 Å². The molecular formula is C11H13Cl2N5O2S. The summed E-state index contributed by atoms with van der Waals surface area (Å²) in [7, 11) is -3.85. The van der Waals surface area contributed by atoms with Crippen LogP contribution in [0.4, 0.5) is 0 Å².